The van der Waals surface area contributed by atoms with Gasteiger partial charge in [0.1, 0.15) is 0 Å². The maximum atomic E-state index is 5.20. The van der Waals surface area contributed by atoms with Crippen LogP contribution in [0, 0.1) is 0 Å². The molecule has 0 saturated carbocycles. The van der Waals surface area contributed by atoms with Crippen LogP contribution >= 0.6 is 12.2 Å². The quantitative estimate of drug-likeness (QED) is 0.275. The van der Waals surface area contributed by atoms with Gasteiger partial charge in [-0.15, -0.1) is 0 Å². The topological polar surface area (TPSA) is 36.9 Å². The molecule has 0 unspecified atom stereocenters. The van der Waals surface area contributed by atoms with Gasteiger partial charge in [0.25, 0.3) is 0 Å². The summed E-state index contributed by atoms with van der Waals surface area (Å²) in [5.74, 6) is 0. The molecule has 0 rings (SSSR count). The normalized spacial score (nSPS) is 11.5. The Bertz CT molecular complexity index is 211. The molecule has 1 radical (unpaired) electrons. The molecule has 4 nitrogen and oxygen atoms in total. The van der Waals surface area contributed by atoms with E-state index in [0.29, 0.717) is 26.4 Å². The van der Waals surface area contributed by atoms with Crippen LogP contribution in [0.3, 0.4) is 0 Å². The summed E-state index contributed by atoms with van der Waals surface area (Å²) in [6, 6.07) is 0. The predicted octanol–water partition coefficient (Wildman–Crippen LogP) is 5.22. The molecule has 0 aromatic carbocycles. The van der Waals surface area contributed by atoms with Gasteiger partial charge in [0.2, 0.25) is 0 Å². The number of hydrogen-bond acceptors (Lipinski definition) is 8. The zero-order valence-electron chi connectivity index (χ0n) is 14.2. The molecule has 143 valence electrons. The van der Waals surface area contributed by atoms with Gasteiger partial charge in [0.05, 0.1) is 26.4 Å². The Kier molecular flexibility index (Phi) is 25.6. The Labute approximate surface area is 175 Å². The minimum absolute atomic E-state index is 0. The van der Waals surface area contributed by atoms with Crippen LogP contribution in [0.5, 0.6) is 0 Å². The van der Waals surface area contributed by atoms with E-state index in [-0.39, 0.29) is 16.8 Å². The van der Waals surface area contributed by atoms with E-state index >= 15 is 0 Å². The standard InChI is InChI=1S/2C6H15O2PS2.Co/c2*1-3-5-7-9(10,11)8-6-4-2;/h2*3-6H2,1-2H3,(H,10,11);/q;;+2/p-2. The van der Waals surface area contributed by atoms with Gasteiger partial charge in [0.15, 0.2) is 0 Å². The maximum Gasteiger partial charge on any atom is 2.00 e. The fourth-order valence-corrected chi connectivity index (χ4v) is 4.45. The summed E-state index contributed by atoms with van der Waals surface area (Å²) in [6.07, 6.45) is -0.878. The summed E-state index contributed by atoms with van der Waals surface area (Å²) < 4.78 is 20.8. The molecule has 0 fully saturated rings. The maximum absolute atomic E-state index is 5.20. The second-order valence-corrected chi connectivity index (χ2v) is 14.2. The van der Waals surface area contributed by atoms with Crippen LogP contribution in [0.1, 0.15) is 53.4 Å². The molecule has 0 spiro atoms. The summed E-state index contributed by atoms with van der Waals surface area (Å²) in [5, 5.41) is 0. The molecule has 11 heteroatoms. The smallest absolute Gasteiger partial charge is 0.516 e. The van der Waals surface area contributed by atoms with Gasteiger partial charge in [-0.1, -0.05) is 27.7 Å². The molecule has 0 aliphatic carbocycles. The zero-order chi connectivity index (χ0) is 17.5. The van der Waals surface area contributed by atoms with Crippen molar-refractivity contribution in [2.24, 2.45) is 0 Å². The van der Waals surface area contributed by atoms with E-state index in [1.807, 2.05) is 27.7 Å². The Hall–Kier alpha value is 2.61. The largest absolute Gasteiger partial charge is 2.00 e. The summed E-state index contributed by atoms with van der Waals surface area (Å²) in [6.45, 7) is 10.5. The second kappa shape index (κ2) is 19.4. The molecule has 0 aliphatic heterocycles. The molecule has 0 heterocycles. The molecule has 0 aliphatic rings. The third kappa shape index (κ3) is 24.6. The molecule has 0 N–H and O–H groups in total. The summed E-state index contributed by atoms with van der Waals surface area (Å²) in [5.41, 5.74) is 0. The van der Waals surface area contributed by atoms with Gasteiger partial charge < -0.3 is 49.0 Å². The predicted molar refractivity (Wildman–Crippen MR) is 108 cm³/mol. The van der Waals surface area contributed by atoms with Crippen LogP contribution in [0.4, 0.5) is 0 Å². The van der Waals surface area contributed by atoms with Crippen molar-refractivity contribution in [3.05, 3.63) is 0 Å². The van der Waals surface area contributed by atoms with Crippen molar-refractivity contribution in [1.29, 1.82) is 0 Å². The summed E-state index contributed by atoms with van der Waals surface area (Å²) in [4.78, 5) is 0. The van der Waals surface area contributed by atoms with Crippen LogP contribution in [0.15, 0.2) is 0 Å². The number of hydrogen-bond donors (Lipinski definition) is 0. The average Bonchev–Trinajstić information content (AvgIpc) is 2.48. The fraction of sp³-hybridized carbons (Fsp3) is 1.00. The Balaban J connectivity index is -0.000000333. The average molecular weight is 486 g/mol. The molecular formula is C12H28CoO4P2S4. The molecule has 0 saturated heterocycles. The van der Waals surface area contributed by atoms with Gasteiger partial charge in [0, 0.05) is 12.2 Å². The fourth-order valence-electron chi connectivity index (χ4n) is 0.887. The monoisotopic (exact) mass is 485 g/mol. The van der Waals surface area contributed by atoms with E-state index in [2.05, 4.69) is 0 Å². The minimum Gasteiger partial charge on any atom is -0.516 e. The number of rotatable bonds is 12. The van der Waals surface area contributed by atoms with E-state index in [9.17, 15) is 0 Å². The van der Waals surface area contributed by atoms with E-state index in [1.54, 1.807) is 0 Å². The van der Waals surface area contributed by atoms with Crippen LogP contribution in [0.2, 0.25) is 0 Å². The molecular weight excluding hydrogens is 457 g/mol. The van der Waals surface area contributed by atoms with Gasteiger partial charge in [-0.2, -0.15) is 0 Å². The van der Waals surface area contributed by atoms with Crippen molar-refractivity contribution in [2.75, 3.05) is 26.4 Å². The molecule has 0 aromatic heterocycles. The third-order valence-electron chi connectivity index (χ3n) is 1.81. The van der Waals surface area contributed by atoms with Gasteiger partial charge in [-0.3, -0.25) is 18.1 Å². The van der Waals surface area contributed by atoms with Crippen molar-refractivity contribution in [2.45, 2.75) is 53.4 Å². The summed E-state index contributed by atoms with van der Waals surface area (Å²) >= 11 is 19.8. The molecule has 0 atom stereocenters. The second-order valence-electron chi connectivity index (χ2n) is 4.23. The van der Waals surface area contributed by atoms with Gasteiger partial charge in [-0.05, 0) is 25.7 Å². The molecule has 0 aromatic rings. The van der Waals surface area contributed by atoms with Crippen molar-refractivity contribution >= 4 is 61.2 Å². The Morgan fingerprint density at radius 2 is 0.696 bits per heavy atom. The minimum atomic E-state index is -2.31. The van der Waals surface area contributed by atoms with Crippen molar-refractivity contribution in [3.63, 3.8) is 0 Å². The first kappa shape index (κ1) is 30.3. The van der Waals surface area contributed by atoms with Crippen LogP contribution < -0.4 is 0 Å². The molecule has 0 amide bonds. The van der Waals surface area contributed by atoms with E-state index < -0.39 is 12.2 Å². The van der Waals surface area contributed by atoms with Crippen LogP contribution in [0.25, 0.3) is 0 Å². The van der Waals surface area contributed by atoms with Crippen LogP contribution in [-0.2, 0) is 83.9 Å². The van der Waals surface area contributed by atoms with E-state index in [1.165, 1.54) is 0 Å². The third-order valence-corrected chi connectivity index (χ3v) is 6.34. The molecule has 0 bridgehead atoms. The first-order valence-corrected chi connectivity index (χ1v) is 14.7. The Morgan fingerprint density at radius 3 is 0.826 bits per heavy atom. The van der Waals surface area contributed by atoms with Crippen molar-refractivity contribution in [3.8, 4) is 0 Å². The van der Waals surface area contributed by atoms with Crippen molar-refractivity contribution in [1.82, 2.24) is 0 Å². The SMILES string of the molecule is CCCO[P+]([S-])([S-])OCCC.CCCO[P+]([S-])([S-])OCCC.[Co+2]. The summed E-state index contributed by atoms with van der Waals surface area (Å²) in [7, 11) is 0. The molecule has 23 heavy (non-hydrogen) atoms. The van der Waals surface area contributed by atoms with Gasteiger partial charge in [-0.25, -0.2) is 0 Å². The zero-order valence-corrected chi connectivity index (χ0v) is 20.2. The first-order valence-electron chi connectivity index (χ1n) is 7.44. The van der Waals surface area contributed by atoms with Crippen molar-refractivity contribution < 1.29 is 34.9 Å². The Morgan fingerprint density at radius 1 is 0.522 bits per heavy atom. The van der Waals surface area contributed by atoms with Crippen LogP contribution in [-0.4, -0.2) is 26.4 Å². The van der Waals surface area contributed by atoms with E-state index in [4.69, 9.17) is 67.1 Å². The van der Waals surface area contributed by atoms with Gasteiger partial charge >= 0.3 is 16.8 Å². The first-order chi connectivity index (χ1) is 10.2. The van der Waals surface area contributed by atoms with E-state index in [0.717, 1.165) is 25.7 Å².